The van der Waals surface area contributed by atoms with Gasteiger partial charge in [-0.3, -0.25) is 9.59 Å². The molecule has 2 amide bonds. The molecule has 2 aromatic carbocycles. The molecule has 27 heavy (non-hydrogen) atoms. The van der Waals surface area contributed by atoms with E-state index in [2.05, 4.69) is 5.32 Å². The normalized spacial score (nSPS) is 11.4. The highest BCUT2D eigenvalue weighted by atomic mass is 16.6. The quantitative estimate of drug-likeness (QED) is 0.728. The van der Waals surface area contributed by atoms with Crippen molar-refractivity contribution in [3.63, 3.8) is 0 Å². The van der Waals surface area contributed by atoms with Gasteiger partial charge in [0.15, 0.2) is 12.7 Å². The number of nitrogens with two attached hydrogens (primary N) is 1. The van der Waals surface area contributed by atoms with E-state index in [1.54, 1.807) is 12.1 Å². The molecule has 2 rings (SSSR count). The summed E-state index contributed by atoms with van der Waals surface area (Å²) >= 11 is 0. The summed E-state index contributed by atoms with van der Waals surface area (Å²) in [7, 11) is 0. The van der Waals surface area contributed by atoms with Gasteiger partial charge in [0.25, 0.3) is 11.8 Å². The molecular formula is C20H22N2O5. The number of hydrogen-bond acceptors (Lipinski definition) is 5. The summed E-state index contributed by atoms with van der Waals surface area (Å²) in [5.74, 6) is -1.67. The number of ether oxygens (including phenoxy) is 2. The van der Waals surface area contributed by atoms with Gasteiger partial charge in [-0.1, -0.05) is 30.3 Å². The molecule has 0 bridgehead atoms. The van der Waals surface area contributed by atoms with Crippen molar-refractivity contribution in [3.05, 3.63) is 59.2 Å². The Labute approximate surface area is 157 Å². The zero-order valence-electron chi connectivity index (χ0n) is 15.4. The highest BCUT2D eigenvalue weighted by Crippen LogP contribution is 2.20. The van der Waals surface area contributed by atoms with Crippen molar-refractivity contribution in [3.8, 4) is 5.75 Å². The first-order valence-electron chi connectivity index (χ1n) is 8.37. The van der Waals surface area contributed by atoms with Crippen LogP contribution in [0.15, 0.2) is 42.5 Å². The fraction of sp³-hybridized carbons (Fsp3) is 0.250. The van der Waals surface area contributed by atoms with Crippen molar-refractivity contribution in [2.75, 3.05) is 11.9 Å². The lowest BCUT2D eigenvalue weighted by molar-refractivity contribution is -0.155. The molecule has 7 nitrogen and oxygen atoms in total. The molecule has 0 heterocycles. The standard InChI is InChI=1S/C20H22N2O5/c1-12-7-6-8-13(2)18(12)22-20(25)14(3)27-17(23)11-26-16-10-5-4-9-15(16)19(21)24/h4-10,14H,11H2,1-3H3,(H2,21,24)(H,22,25)/t14-/m0/s1. The molecule has 0 spiro atoms. The number of benzene rings is 2. The lowest BCUT2D eigenvalue weighted by Crippen LogP contribution is -2.32. The van der Waals surface area contributed by atoms with Gasteiger partial charge in [-0.25, -0.2) is 4.79 Å². The number of carbonyl (C=O) groups is 3. The average molecular weight is 370 g/mol. The zero-order chi connectivity index (χ0) is 20.0. The van der Waals surface area contributed by atoms with Crippen LogP contribution in [0, 0.1) is 13.8 Å². The first kappa shape index (κ1) is 20.0. The maximum atomic E-state index is 12.3. The molecule has 0 saturated heterocycles. The second-order valence-corrected chi connectivity index (χ2v) is 6.04. The Kier molecular flexibility index (Phi) is 6.54. The summed E-state index contributed by atoms with van der Waals surface area (Å²) in [6, 6.07) is 11.9. The molecule has 0 aromatic heterocycles. The smallest absolute Gasteiger partial charge is 0.344 e. The lowest BCUT2D eigenvalue weighted by atomic mass is 10.1. The second kappa shape index (κ2) is 8.84. The molecule has 0 radical (unpaired) electrons. The van der Waals surface area contributed by atoms with Crippen LogP contribution in [-0.2, 0) is 14.3 Å². The SMILES string of the molecule is Cc1cccc(C)c1NC(=O)[C@H](C)OC(=O)COc1ccccc1C(N)=O. The van der Waals surface area contributed by atoms with Crippen LogP contribution >= 0.6 is 0 Å². The average Bonchev–Trinajstić information content (AvgIpc) is 2.63. The van der Waals surface area contributed by atoms with E-state index in [1.165, 1.54) is 19.1 Å². The summed E-state index contributed by atoms with van der Waals surface area (Å²) < 4.78 is 10.4. The van der Waals surface area contributed by atoms with E-state index in [9.17, 15) is 14.4 Å². The predicted molar refractivity (Wildman–Crippen MR) is 101 cm³/mol. The van der Waals surface area contributed by atoms with Crippen LogP contribution in [0.5, 0.6) is 5.75 Å². The molecule has 2 aromatic rings. The van der Waals surface area contributed by atoms with Crippen molar-refractivity contribution in [1.29, 1.82) is 0 Å². The highest BCUT2D eigenvalue weighted by Gasteiger charge is 2.20. The van der Waals surface area contributed by atoms with Gasteiger partial charge in [0, 0.05) is 5.69 Å². The lowest BCUT2D eigenvalue weighted by Gasteiger charge is -2.16. The molecule has 0 saturated carbocycles. The Morgan fingerprint density at radius 2 is 1.67 bits per heavy atom. The Bertz CT molecular complexity index is 843. The fourth-order valence-corrected chi connectivity index (χ4v) is 2.45. The molecule has 7 heteroatoms. The first-order valence-corrected chi connectivity index (χ1v) is 8.37. The summed E-state index contributed by atoms with van der Waals surface area (Å²) in [5.41, 5.74) is 7.92. The number of carbonyl (C=O) groups excluding carboxylic acids is 3. The number of hydrogen-bond donors (Lipinski definition) is 2. The molecule has 142 valence electrons. The van der Waals surface area contributed by atoms with Crippen molar-refractivity contribution in [2.45, 2.75) is 26.9 Å². The van der Waals surface area contributed by atoms with Crippen LogP contribution in [0.3, 0.4) is 0 Å². The number of anilines is 1. The summed E-state index contributed by atoms with van der Waals surface area (Å²) in [6.07, 6.45) is -1.01. The molecular weight excluding hydrogens is 348 g/mol. The first-order chi connectivity index (χ1) is 12.8. The zero-order valence-corrected chi connectivity index (χ0v) is 15.4. The van der Waals surface area contributed by atoms with E-state index in [0.717, 1.165) is 11.1 Å². The monoisotopic (exact) mass is 370 g/mol. The van der Waals surface area contributed by atoms with Gasteiger partial charge in [0.2, 0.25) is 0 Å². The fourth-order valence-electron chi connectivity index (χ4n) is 2.45. The van der Waals surface area contributed by atoms with Crippen LogP contribution in [0.1, 0.15) is 28.4 Å². The van der Waals surface area contributed by atoms with Crippen molar-refractivity contribution in [1.82, 2.24) is 0 Å². The van der Waals surface area contributed by atoms with Gasteiger partial charge in [0.05, 0.1) is 5.56 Å². The third kappa shape index (κ3) is 5.31. The minimum atomic E-state index is -1.01. The molecule has 0 aliphatic heterocycles. The van der Waals surface area contributed by atoms with E-state index < -0.39 is 30.5 Å². The molecule has 0 aliphatic rings. The topological polar surface area (TPSA) is 108 Å². The Balaban J connectivity index is 1.92. The van der Waals surface area contributed by atoms with Crippen LogP contribution in [0.25, 0.3) is 0 Å². The number of esters is 1. The third-order valence-electron chi connectivity index (χ3n) is 3.90. The van der Waals surface area contributed by atoms with Crippen LogP contribution in [0.4, 0.5) is 5.69 Å². The summed E-state index contributed by atoms with van der Waals surface area (Å²) in [4.78, 5) is 35.6. The van der Waals surface area contributed by atoms with Gasteiger partial charge in [0.1, 0.15) is 5.75 Å². The number of rotatable bonds is 7. The predicted octanol–water partition coefficient (Wildman–Crippen LogP) is 2.35. The number of primary amides is 1. The maximum Gasteiger partial charge on any atom is 0.344 e. The summed E-state index contributed by atoms with van der Waals surface area (Å²) in [6.45, 7) is 4.77. The van der Waals surface area contributed by atoms with Gasteiger partial charge in [-0.05, 0) is 44.0 Å². The molecule has 3 N–H and O–H groups in total. The number of para-hydroxylation sites is 2. The maximum absolute atomic E-state index is 12.3. The van der Waals surface area contributed by atoms with Gasteiger partial charge in [-0.2, -0.15) is 0 Å². The van der Waals surface area contributed by atoms with Gasteiger partial charge < -0.3 is 20.5 Å². The Morgan fingerprint density at radius 3 is 2.30 bits per heavy atom. The van der Waals surface area contributed by atoms with Crippen molar-refractivity contribution in [2.24, 2.45) is 5.73 Å². The minimum Gasteiger partial charge on any atom is -0.481 e. The molecule has 0 fully saturated rings. The van der Waals surface area contributed by atoms with E-state index >= 15 is 0 Å². The second-order valence-electron chi connectivity index (χ2n) is 6.04. The van der Waals surface area contributed by atoms with Gasteiger partial charge in [-0.15, -0.1) is 0 Å². The largest absolute Gasteiger partial charge is 0.481 e. The van der Waals surface area contributed by atoms with Crippen LogP contribution in [0.2, 0.25) is 0 Å². The third-order valence-corrected chi connectivity index (χ3v) is 3.90. The minimum absolute atomic E-state index is 0.158. The highest BCUT2D eigenvalue weighted by molar-refractivity contribution is 5.97. The van der Waals surface area contributed by atoms with Crippen molar-refractivity contribution >= 4 is 23.5 Å². The molecule has 0 aliphatic carbocycles. The van der Waals surface area contributed by atoms with E-state index in [-0.39, 0.29) is 11.3 Å². The van der Waals surface area contributed by atoms with Crippen molar-refractivity contribution < 1.29 is 23.9 Å². The van der Waals surface area contributed by atoms with Crippen LogP contribution in [-0.4, -0.2) is 30.5 Å². The number of amides is 2. The Hall–Kier alpha value is -3.35. The Morgan fingerprint density at radius 1 is 1.04 bits per heavy atom. The van der Waals surface area contributed by atoms with E-state index in [1.807, 2.05) is 32.0 Å². The van der Waals surface area contributed by atoms with Crippen LogP contribution < -0.4 is 15.8 Å². The molecule has 1 atom stereocenters. The van der Waals surface area contributed by atoms with E-state index in [0.29, 0.717) is 5.69 Å². The van der Waals surface area contributed by atoms with Gasteiger partial charge >= 0.3 is 5.97 Å². The number of nitrogens with one attached hydrogen (secondary N) is 1. The van der Waals surface area contributed by atoms with E-state index in [4.69, 9.17) is 15.2 Å². The summed E-state index contributed by atoms with van der Waals surface area (Å²) in [5, 5.41) is 2.76. The molecule has 0 unspecified atom stereocenters. The number of aryl methyl sites for hydroxylation is 2.